The summed E-state index contributed by atoms with van der Waals surface area (Å²) in [6.07, 6.45) is -0.113. The van der Waals surface area contributed by atoms with E-state index >= 15 is 0 Å². The summed E-state index contributed by atoms with van der Waals surface area (Å²) in [5.74, 6) is 0.0726. The lowest BCUT2D eigenvalue weighted by molar-refractivity contribution is 0.160. The molecule has 1 unspecified atom stereocenters. The van der Waals surface area contributed by atoms with Gasteiger partial charge in [0.05, 0.1) is 6.10 Å². The molecule has 0 fully saturated rings. The second-order valence-electron chi connectivity index (χ2n) is 6.41. The van der Waals surface area contributed by atoms with Crippen LogP contribution < -0.4 is 5.32 Å². The van der Waals surface area contributed by atoms with E-state index in [1.807, 2.05) is 26.0 Å². The molecule has 0 radical (unpaired) electrons. The van der Waals surface area contributed by atoms with Crippen LogP contribution in [0, 0.1) is 0 Å². The van der Waals surface area contributed by atoms with E-state index in [9.17, 15) is 20.4 Å². The van der Waals surface area contributed by atoms with Crippen molar-refractivity contribution in [2.75, 3.05) is 6.54 Å². The molecule has 5 N–H and O–H groups in total. The molecule has 24 heavy (non-hydrogen) atoms. The van der Waals surface area contributed by atoms with Gasteiger partial charge in [-0.25, -0.2) is 0 Å². The van der Waals surface area contributed by atoms with Crippen molar-refractivity contribution in [1.82, 2.24) is 5.32 Å². The molecule has 0 aliphatic heterocycles. The van der Waals surface area contributed by atoms with Gasteiger partial charge in [0.15, 0.2) is 0 Å². The number of halogens is 1. The smallest absolute Gasteiger partial charge is 0.119 e. The maximum Gasteiger partial charge on any atom is 0.119 e. The molecule has 0 saturated carbocycles. The van der Waals surface area contributed by atoms with Gasteiger partial charge in [0.1, 0.15) is 17.2 Å². The van der Waals surface area contributed by atoms with E-state index in [1.54, 1.807) is 12.1 Å². The monoisotopic (exact) mass is 397 g/mol. The third kappa shape index (κ3) is 6.03. The SMILES string of the molecule is Br.CC(C)(Cc1ccc(O)cc1)NCC(O)c1cc(O)cc(O)c1. The fourth-order valence-corrected chi connectivity index (χ4v) is 2.49. The van der Waals surface area contributed by atoms with Crippen molar-refractivity contribution in [3.63, 3.8) is 0 Å². The van der Waals surface area contributed by atoms with Crippen LogP contribution >= 0.6 is 17.0 Å². The molecule has 0 amide bonds. The van der Waals surface area contributed by atoms with Crippen LogP contribution in [0.5, 0.6) is 17.2 Å². The summed E-state index contributed by atoms with van der Waals surface area (Å²) in [5.41, 5.74) is 1.26. The van der Waals surface area contributed by atoms with Crippen LogP contribution in [0.15, 0.2) is 42.5 Å². The number of hydrogen-bond donors (Lipinski definition) is 5. The Kier molecular flexibility index (Phi) is 7.08. The Morgan fingerprint density at radius 1 is 0.917 bits per heavy atom. The molecule has 2 aromatic rings. The van der Waals surface area contributed by atoms with E-state index in [1.165, 1.54) is 18.2 Å². The molecule has 2 rings (SSSR count). The Labute approximate surface area is 152 Å². The van der Waals surface area contributed by atoms with Gasteiger partial charge in [0.2, 0.25) is 0 Å². The van der Waals surface area contributed by atoms with Gasteiger partial charge in [-0.1, -0.05) is 12.1 Å². The van der Waals surface area contributed by atoms with Crippen LogP contribution in [-0.2, 0) is 6.42 Å². The summed E-state index contributed by atoms with van der Waals surface area (Å²) in [7, 11) is 0. The van der Waals surface area contributed by atoms with Gasteiger partial charge in [0.25, 0.3) is 0 Å². The molecular weight excluding hydrogens is 374 g/mol. The van der Waals surface area contributed by atoms with Gasteiger partial charge in [-0.05, 0) is 55.7 Å². The van der Waals surface area contributed by atoms with Gasteiger partial charge >= 0.3 is 0 Å². The zero-order chi connectivity index (χ0) is 17.0. The van der Waals surface area contributed by atoms with E-state index in [4.69, 9.17) is 0 Å². The lowest BCUT2D eigenvalue weighted by Gasteiger charge is -2.28. The van der Waals surface area contributed by atoms with Crippen molar-refractivity contribution >= 4 is 17.0 Å². The topological polar surface area (TPSA) is 93.0 Å². The fourth-order valence-electron chi connectivity index (χ4n) is 2.49. The maximum atomic E-state index is 10.2. The molecular formula is C18H24BrNO4. The van der Waals surface area contributed by atoms with Gasteiger partial charge in [0, 0.05) is 18.2 Å². The van der Waals surface area contributed by atoms with Crippen LogP contribution in [0.25, 0.3) is 0 Å². The Morgan fingerprint density at radius 2 is 1.46 bits per heavy atom. The molecule has 0 aromatic heterocycles. The number of benzene rings is 2. The number of aromatic hydroxyl groups is 3. The van der Waals surface area contributed by atoms with Crippen LogP contribution in [0.2, 0.25) is 0 Å². The largest absolute Gasteiger partial charge is 0.508 e. The fraction of sp³-hybridized carbons (Fsp3) is 0.333. The second-order valence-corrected chi connectivity index (χ2v) is 6.41. The molecule has 0 bridgehead atoms. The highest BCUT2D eigenvalue weighted by atomic mass is 79.9. The summed E-state index contributed by atoms with van der Waals surface area (Å²) in [6, 6.07) is 11.1. The molecule has 0 aliphatic carbocycles. The first-order chi connectivity index (χ1) is 10.7. The van der Waals surface area contributed by atoms with Gasteiger partial charge in [-0.15, -0.1) is 17.0 Å². The average molecular weight is 398 g/mol. The quantitative estimate of drug-likeness (QED) is 0.516. The summed E-state index contributed by atoms with van der Waals surface area (Å²) < 4.78 is 0. The van der Waals surface area contributed by atoms with Crippen molar-refractivity contribution in [3.8, 4) is 17.2 Å². The van der Waals surface area contributed by atoms with Crippen molar-refractivity contribution in [2.24, 2.45) is 0 Å². The molecule has 6 heteroatoms. The van der Waals surface area contributed by atoms with Crippen molar-refractivity contribution in [3.05, 3.63) is 53.6 Å². The third-order valence-electron chi connectivity index (χ3n) is 3.67. The van der Waals surface area contributed by atoms with E-state index < -0.39 is 6.10 Å². The Morgan fingerprint density at radius 3 is 2.00 bits per heavy atom. The number of phenols is 3. The minimum atomic E-state index is -0.841. The molecule has 0 aliphatic rings. The molecule has 132 valence electrons. The number of hydrogen-bond acceptors (Lipinski definition) is 5. The third-order valence-corrected chi connectivity index (χ3v) is 3.67. The van der Waals surface area contributed by atoms with Crippen LogP contribution in [-0.4, -0.2) is 32.5 Å². The number of aliphatic hydroxyl groups excluding tert-OH is 1. The minimum Gasteiger partial charge on any atom is -0.508 e. The summed E-state index contributed by atoms with van der Waals surface area (Å²) in [4.78, 5) is 0. The standard InChI is InChI=1S/C18H23NO4.BrH/c1-18(2,10-12-3-5-14(20)6-4-12)19-11-17(23)13-7-15(21)9-16(22)8-13;/h3-9,17,19-23H,10-11H2,1-2H3;1H. The first-order valence-corrected chi connectivity index (χ1v) is 7.49. The summed E-state index contributed by atoms with van der Waals surface area (Å²) in [5, 5.41) is 41.8. The molecule has 0 spiro atoms. The number of aliphatic hydroxyl groups is 1. The van der Waals surface area contributed by atoms with Gasteiger partial charge in [-0.3, -0.25) is 0 Å². The maximum absolute atomic E-state index is 10.2. The number of phenolic OH excluding ortho intramolecular Hbond substituents is 3. The van der Waals surface area contributed by atoms with Crippen molar-refractivity contribution in [1.29, 1.82) is 0 Å². The predicted molar refractivity (Wildman–Crippen MR) is 98.9 cm³/mol. The van der Waals surface area contributed by atoms with Crippen LogP contribution in [0.3, 0.4) is 0 Å². The molecule has 0 heterocycles. The van der Waals surface area contributed by atoms with E-state index in [-0.39, 0.29) is 46.3 Å². The Balaban J connectivity index is 0.00000288. The van der Waals surface area contributed by atoms with Crippen molar-refractivity contribution < 1.29 is 20.4 Å². The molecule has 2 aromatic carbocycles. The van der Waals surface area contributed by atoms with E-state index in [0.29, 0.717) is 5.56 Å². The predicted octanol–water partition coefficient (Wildman–Crippen LogP) is 3.03. The van der Waals surface area contributed by atoms with E-state index in [0.717, 1.165) is 12.0 Å². The molecule has 5 nitrogen and oxygen atoms in total. The second kappa shape index (κ2) is 8.37. The van der Waals surface area contributed by atoms with Gasteiger partial charge < -0.3 is 25.7 Å². The summed E-state index contributed by atoms with van der Waals surface area (Å²) in [6.45, 7) is 4.33. The first-order valence-electron chi connectivity index (χ1n) is 7.49. The Hall–Kier alpha value is -1.76. The molecule has 0 saturated heterocycles. The Bertz CT molecular complexity index is 638. The highest BCUT2D eigenvalue weighted by molar-refractivity contribution is 8.93. The van der Waals surface area contributed by atoms with Crippen LogP contribution in [0.1, 0.15) is 31.1 Å². The zero-order valence-electron chi connectivity index (χ0n) is 13.7. The normalized spacial score (nSPS) is 12.5. The van der Waals surface area contributed by atoms with Gasteiger partial charge in [-0.2, -0.15) is 0 Å². The average Bonchev–Trinajstić information content (AvgIpc) is 2.46. The summed E-state index contributed by atoms with van der Waals surface area (Å²) >= 11 is 0. The lowest BCUT2D eigenvalue weighted by atomic mass is 9.94. The highest BCUT2D eigenvalue weighted by Crippen LogP contribution is 2.25. The number of rotatable bonds is 6. The lowest BCUT2D eigenvalue weighted by Crippen LogP contribution is -2.43. The van der Waals surface area contributed by atoms with Crippen molar-refractivity contribution in [2.45, 2.75) is 31.9 Å². The molecule has 1 atom stereocenters. The van der Waals surface area contributed by atoms with Crippen LogP contribution in [0.4, 0.5) is 0 Å². The number of β-amino-alcohol motifs (C(OH)–C–C–N with tert-alkyl or cyclic N) is 1. The zero-order valence-corrected chi connectivity index (χ0v) is 15.4. The minimum absolute atomic E-state index is 0. The van der Waals surface area contributed by atoms with E-state index in [2.05, 4.69) is 5.32 Å². The first kappa shape index (κ1) is 20.3. The number of nitrogens with one attached hydrogen (secondary N) is 1. The highest BCUT2D eigenvalue weighted by Gasteiger charge is 2.20.